The highest BCUT2D eigenvalue weighted by atomic mass is 35.5. The summed E-state index contributed by atoms with van der Waals surface area (Å²) in [7, 11) is 0. The first-order valence-electron chi connectivity index (χ1n) is 10.8. The van der Waals surface area contributed by atoms with Gasteiger partial charge in [0, 0.05) is 6.07 Å². The van der Waals surface area contributed by atoms with Crippen LogP contribution in [0.3, 0.4) is 0 Å². The normalized spacial score (nSPS) is 11.6. The van der Waals surface area contributed by atoms with Crippen molar-refractivity contribution in [2.24, 2.45) is 5.92 Å². The Kier molecular flexibility index (Phi) is 8.07. The van der Waals surface area contributed by atoms with E-state index in [9.17, 15) is 9.59 Å². The molecule has 0 aliphatic heterocycles. The predicted octanol–water partition coefficient (Wildman–Crippen LogP) is 6.93. The van der Waals surface area contributed by atoms with Crippen molar-refractivity contribution in [2.75, 3.05) is 0 Å². The average molecular weight is 451 g/mol. The van der Waals surface area contributed by atoms with E-state index in [1.54, 1.807) is 24.3 Å². The lowest BCUT2D eigenvalue weighted by molar-refractivity contribution is 0.0730. The smallest absolute Gasteiger partial charge is 0.345 e. The summed E-state index contributed by atoms with van der Waals surface area (Å²) in [4.78, 5) is 24.9. The van der Waals surface area contributed by atoms with Gasteiger partial charge in [-0.25, -0.2) is 9.59 Å². The molecule has 0 aliphatic carbocycles. The fraction of sp³-hybridized carbons (Fsp3) is 0.259. The Balaban J connectivity index is 1.63. The SMILES string of the molecule is CCc1ccc(C(=O)Oc2ccc(C(=O)Oc3ccc(CC(C)CC)cc3)c(Cl)c2)cc1. The highest BCUT2D eigenvalue weighted by molar-refractivity contribution is 6.33. The van der Waals surface area contributed by atoms with Gasteiger partial charge in [-0.1, -0.05) is 63.1 Å². The lowest BCUT2D eigenvalue weighted by Gasteiger charge is -2.10. The van der Waals surface area contributed by atoms with Gasteiger partial charge in [-0.05, 0) is 66.3 Å². The van der Waals surface area contributed by atoms with Gasteiger partial charge in [-0.15, -0.1) is 0 Å². The van der Waals surface area contributed by atoms with Crippen LogP contribution in [0.2, 0.25) is 5.02 Å². The van der Waals surface area contributed by atoms with Crippen LogP contribution in [-0.4, -0.2) is 11.9 Å². The van der Waals surface area contributed by atoms with Crippen molar-refractivity contribution in [2.45, 2.75) is 40.0 Å². The monoisotopic (exact) mass is 450 g/mol. The number of rotatable bonds is 8. The Labute approximate surface area is 194 Å². The van der Waals surface area contributed by atoms with Crippen LogP contribution in [0.15, 0.2) is 66.7 Å². The van der Waals surface area contributed by atoms with Gasteiger partial charge < -0.3 is 9.47 Å². The summed E-state index contributed by atoms with van der Waals surface area (Å²) < 4.78 is 10.8. The van der Waals surface area contributed by atoms with Gasteiger partial charge >= 0.3 is 11.9 Å². The fourth-order valence-electron chi connectivity index (χ4n) is 3.17. The van der Waals surface area contributed by atoms with Crippen LogP contribution in [0, 0.1) is 5.92 Å². The summed E-state index contributed by atoms with van der Waals surface area (Å²) in [5.41, 5.74) is 2.98. The molecule has 3 rings (SSSR count). The zero-order valence-corrected chi connectivity index (χ0v) is 19.3. The Morgan fingerprint density at radius 3 is 2.00 bits per heavy atom. The summed E-state index contributed by atoms with van der Waals surface area (Å²) in [5.74, 6) is 0.246. The van der Waals surface area contributed by atoms with Gasteiger partial charge in [0.2, 0.25) is 0 Å². The maximum Gasteiger partial charge on any atom is 0.345 e. The number of esters is 2. The lowest BCUT2D eigenvalue weighted by Crippen LogP contribution is -2.11. The molecule has 1 atom stereocenters. The molecule has 0 heterocycles. The molecule has 32 heavy (non-hydrogen) atoms. The second kappa shape index (κ2) is 11.0. The van der Waals surface area contributed by atoms with E-state index >= 15 is 0 Å². The molecule has 0 saturated carbocycles. The maximum atomic E-state index is 12.5. The highest BCUT2D eigenvalue weighted by Gasteiger charge is 2.16. The van der Waals surface area contributed by atoms with Crippen LogP contribution in [0.25, 0.3) is 0 Å². The van der Waals surface area contributed by atoms with E-state index in [0.717, 1.165) is 24.8 Å². The molecule has 0 aromatic heterocycles. The molecule has 0 spiro atoms. The molecule has 3 aromatic rings. The van der Waals surface area contributed by atoms with Crippen LogP contribution in [0.5, 0.6) is 11.5 Å². The van der Waals surface area contributed by atoms with E-state index in [1.165, 1.54) is 23.8 Å². The Bertz CT molecular complexity index is 1070. The molecule has 0 amide bonds. The molecule has 0 N–H and O–H groups in total. The third kappa shape index (κ3) is 6.21. The van der Waals surface area contributed by atoms with Gasteiger partial charge in [0.1, 0.15) is 11.5 Å². The number of carbonyl (C=O) groups is 2. The number of benzene rings is 3. The lowest BCUT2D eigenvalue weighted by atomic mass is 9.99. The number of halogens is 1. The van der Waals surface area contributed by atoms with Crippen LogP contribution >= 0.6 is 11.6 Å². The van der Waals surface area contributed by atoms with Crippen molar-refractivity contribution >= 4 is 23.5 Å². The van der Waals surface area contributed by atoms with Crippen LogP contribution in [-0.2, 0) is 12.8 Å². The van der Waals surface area contributed by atoms with Crippen molar-refractivity contribution in [1.82, 2.24) is 0 Å². The molecule has 1 unspecified atom stereocenters. The molecular weight excluding hydrogens is 424 g/mol. The van der Waals surface area contributed by atoms with Gasteiger partial charge in [-0.3, -0.25) is 0 Å². The molecule has 166 valence electrons. The molecule has 5 heteroatoms. The topological polar surface area (TPSA) is 52.6 Å². The van der Waals surface area contributed by atoms with Gasteiger partial charge in [0.15, 0.2) is 0 Å². The van der Waals surface area contributed by atoms with Crippen LogP contribution in [0.4, 0.5) is 0 Å². The first kappa shape index (κ1) is 23.6. The van der Waals surface area contributed by atoms with E-state index in [1.807, 2.05) is 31.2 Å². The molecular formula is C27H27ClO4. The Morgan fingerprint density at radius 2 is 1.41 bits per heavy atom. The minimum atomic E-state index is -0.572. The second-order valence-electron chi connectivity index (χ2n) is 7.83. The number of hydrogen-bond acceptors (Lipinski definition) is 4. The summed E-state index contributed by atoms with van der Waals surface area (Å²) >= 11 is 6.27. The van der Waals surface area contributed by atoms with Gasteiger partial charge in [0.25, 0.3) is 0 Å². The number of ether oxygens (including phenoxy) is 2. The molecule has 3 aromatic carbocycles. The third-order valence-corrected chi connectivity index (χ3v) is 5.70. The third-order valence-electron chi connectivity index (χ3n) is 5.38. The highest BCUT2D eigenvalue weighted by Crippen LogP contribution is 2.25. The fourth-order valence-corrected chi connectivity index (χ4v) is 3.42. The minimum absolute atomic E-state index is 0.148. The molecule has 0 bridgehead atoms. The van der Waals surface area contributed by atoms with E-state index in [0.29, 0.717) is 17.2 Å². The van der Waals surface area contributed by atoms with E-state index < -0.39 is 11.9 Å². The van der Waals surface area contributed by atoms with Crippen molar-refractivity contribution in [3.05, 3.63) is 94.0 Å². The van der Waals surface area contributed by atoms with E-state index in [4.69, 9.17) is 21.1 Å². The molecule has 0 saturated heterocycles. The first-order chi connectivity index (χ1) is 15.4. The largest absolute Gasteiger partial charge is 0.423 e. The minimum Gasteiger partial charge on any atom is -0.423 e. The predicted molar refractivity (Wildman–Crippen MR) is 127 cm³/mol. The molecule has 0 radical (unpaired) electrons. The summed E-state index contributed by atoms with van der Waals surface area (Å²) in [6.45, 7) is 6.42. The standard InChI is InChI=1S/C27H27ClO4/c1-4-18(3)16-20-8-12-22(13-9-20)31-27(30)24-15-14-23(17-25(24)28)32-26(29)21-10-6-19(5-2)7-11-21/h6-15,17-18H,4-5,16H2,1-3H3. The summed E-state index contributed by atoms with van der Waals surface area (Å²) in [5, 5.41) is 0.148. The van der Waals surface area contributed by atoms with Crippen molar-refractivity contribution in [3.8, 4) is 11.5 Å². The second-order valence-corrected chi connectivity index (χ2v) is 8.24. The Hall–Kier alpha value is -3.11. The zero-order valence-electron chi connectivity index (χ0n) is 18.6. The van der Waals surface area contributed by atoms with Gasteiger partial charge in [-0.2, -0.15) is 0 Å². The number of hydrogen-bond donors (Lipinski definition) is 0. The van der Waals surface area contributed by atoms with E-state index in [-0.39, 0.29) is 16.3 Å². The van der Waals surface area contributed by atoms with Crippen molar-refractivity contribution < 1.29 is 19.1 Å². The maximum absolute atomic E-state index is 12.5. The van der Waals surface area contributed by atoms with Crippen molar-refractivity contribution in [1.29, 1.82) is 0 Å². The molecule has 0 fully saturated rings. The molecule has 0 aliphatic rings. The first-order valence-corrected chi connectivity index (χ1v) is 11.2. The van der Waals surface area contributed by atoms with Crippen molar-refractivity contribution in [3.63, 3.8) is 0 Å². The van der Waals surface area contributed by atoms with Crippen LogP contribution in [0.1, 0.15) is 59.0 Å². The summed E-state index contributed by atoms with van der Waals surface area (Å²) in [6.07, 6.45) is 3.00. The number of aryl methyl sites for hydroxylation is 1. The Morgan fingerprint density at radius 1 is 0.812 bits per heavy atom. The van der Waals surface area contributed by atoms with Crippen LogP contribution < -0.4 is 9.47 Å². The van der Waals surface area contributed by atoms with Gasteiger partial charge in [0.05, 0.1) is 16.1 Å². The van der Waals surface area contributed by atoms with E-state index in [2.05, 4.69) is 13.8 Å². The number of carbonyl (C=O) groups excluding carboxylic acids is 2. The summed E-state index contributed by atoms with van der Waals surface area (Å²) in [6, 6.07) is 19.2. The quantitative estimate of drug-likeness (QED) is 0.276. The molecule has 4 nitrogen and oxygen atoms in total. The zero-order chi connectivity index (χ0) is 23.1. The average Bonchev–Trinajstić information content (AvgIpc) is 2.80.